The van der Waals surface area contributed by atoms with Gasteiger partial charge in [-0.05, 0) is 25.7 Å². The molecule has 0 aliphatic carbocycles. The van der Waals surface area contributed by atoms with Crippen LogP contribution in [-0.2, 0) is 14.3 Å². The fraction of sp³-hybridized carbons (Fsp3) is 0.929. The van der Waals surface area contributed by atoms with E-state index in [2.05, 4.69) is 26.1 Å². The van der Waals surface area contributed by atoms with Gasteiger partial charge in [-0.25, -0.2) is 0 Å². The first-order valence-corrected chi connectivity index (χ1v) is 6.76. The van der Waals surface area contributed by atoms with Crippen LogP contribution in [0.25, 0.3) is 0 Å². The molecular weight excluding hydrogens is 230 g/mol. The molecule has 0 fully saturated rings. The van der Waals surface area contributed by atoms with Crippen LogP contribution in [0.2, 0.25) is 0 Å². The third-order valence-corrected chi connectivity index (χ3v) is 2.29. The number of nitrogens with one attached hydrogen (secondary N) is 1. The summed E-state index contributed by atoms with van der Waals surface area (Å²) in [6.45, 7) is 12.9. The molecule has 0 unspecified atom stereocenters. The largest absolute Gasteiger partial charge is 0.379 e. The molecule has 4 nitrogen and oxygen atoms in total. The summed E-state index contributed by atoms with van der Waals surface area (Å²) in [5.41, 5.74) is 0.315. The van der Waals surface area contributed by atoms with Crippen molar-refractivity contribution >= 4 is 5.91 Å². The maximum absolute atomic E-state index is 11.3. The summed E-state index contributed by atoms with van der Waals surface area (Å²) in [5.74, 6) is 0.0404. The Morgan fingerprint density at radius 2 is 1.61 bits per heavy atom. The molecule has 0 aromatic rings. The van der Waals surface area contributed by atoms with Gasteiger partial charge < -0.3 is 14.8 Å². The fourth-order valence-electron chi connectivity index (χ4n) is 1.26. The van der Waals surface area contributed by atoms with Crippen LogP contribution in [-0.4, -0.2) is 38.4 Å². The number of rotatable bonds is 9. The van der Waals surface area contributed by atoms with E-state index in [9.17, 15) is 4.79 Å². The third-order valence-electron chi connectivity index (χ3n) is 2.29. The Morgan fingerprint density at radius 1 is 1.06 bits per heavy atom. The summed E-state index contributed by atoms with van der Waals surface area (Å²) < 4.78 is 10.8. The van der Waals surface area contributed by atoms with Crippen LogP contribution < -0.4 is 5.32 Å². The lowest BCUT2D eigenvalue weighted by atomic mass is 9.93. The number of carbonyl (C=O) groups is 1. The van der Waals surface area contributed by atoms with Gasteiger partial charge in [0.1, 0.15) is 0 Å². The van der Waals surface area contributed by atoms with Gasteiger partial charge in [0.15, 0.2) is 0 Å². The second-order valence-corrected chi connectivity index (χ2v) is 6.01. The number of ether oxygens (including phenoxy) is 2. The third kappa shape index (κ3) is 13.5. The molecule has 1 N–H and O–H groups in total. The standard InChI is InChI=1S/C14H29NO3/c1-12(2)15-13(16)6-8-17-10-11-18-9-7-14(3,4)5/h12H,6-11H2,1-5H3,(H,15,16). The van der Waals surface area contributed by atoms with E-state index in [1.165, 1.54) is 0 Å². The lowest BCUT2D eigenvalue weighted by molar-refractivity contribution is -0.122. The summed E-state index contributed by atoms with van der Waals surface area (Å²) in [6.07, 6.45) is 1.46. The molecule has 0 saturated heterocycles. The van der Waals surface area contributed by atoms with E-state index in [1.54, 1.807) is 0 Å². The topological polar surface area (TPSA) is 47.6 Å². The second kappa shape index (κ2) is 9.34. The highest BCUT2D eigenvalue weighted by Crippen LogP contribution is 2.17. The van der Waals surface area contributed by atoms with Crippen LogP contribution in [0, 0.1) is 5.41 Å². The van der Waals surface area contributed by atoms with Gasteiger partial charge in [-0.15, -0.1) is 0 Å². The Labute approximate surface area is 111 Å². The first-order valence-electron chi connectivity index (χ1n) is 6.76. The van der Waals surface area contributed by atoms with Crippen molar-refractivity contribution in [2.75, 3.05) is 26.4 Å². The van der Waals surface area contributed by atoms with Crippen LogP contribution in [0.3, 0.4) is 0 Å². The van der Waals surface area contributed by atoms with E-state index >= 15 is 0 Å². The molecule has 0 aromatic carbocycles. The highest BCUT2D eigenvalue weighted by Gasteiger charge is 2.09. The van der Waals surface area contributed by atoms with Crippen LogP contribution in [0.4, 0.5) is 0 Å². The van der Waals surface area contributed by atoms with Crippen LogP contribution in [0.15, 0.2) is 0 Å². The molecule has 0 heterocycles. The highest BCUT2D eigenvalue weighted by atomic mass is 16.5. The zero-order valence-electron chi connectivity index (χ0n) is 12.5. The van der Waals surface area contributed by atoms with Crippen molar-refractivity contribution in [1.29, 1.82) is 0 Å². The second-order valence-electron chi connectivity index (χ2n) is 6.01. The predicted octanol–water partition coefficient (Wildman–Crippen LogP) is 2.37. The molecule has 1 amide bonds. The summed E-state index contributed by atoms with van der Waals surface area (Å²) in [7, 11) is 0. The SMILES string of the molecule is CC(C)NC(=O)CCOCCOCCC(C)(C)C. The van der Waals surface area contributed by atoms with E-state index in [1.807, 2.05) is 13.8 Å². The summed E-state index contributed by atoms with van der Waals surface area (Å²) in [5, 5.41) is 2.82. The molecule has 0 rings (SSSR count). The van der Waals surface area contributed by atoms with Gasteiger partial charge in [0.05, 0.1) is 19.8 Å². The Balaban J connectivity index is 3.24. The van der Waals surface area contributed by atoms with Gasteiger partial charge in [-0.2, -0.15) is 0 Å². The lowest BCUT2D eigenvalue weighted by Gasteiger charge is -2.17. The van der Waals surface area contributed by atoms with Crippen molar-refractivity contribution in [3.05, 3.63) is 0 Å². The van der Waals surface area contributed by atoms with Gasteiger partial charge >= 0.3 is 0 Å². The van der Waals surface area contributed by atoms with Gasteiger partial charge in [0, 0.05) is 19.1 Å². The van der Waals surface area contributed by atoms with Gasteiger partial charge in [-0.1, -0.05) is 20.8 Å². The van der Waals surface area contributed by atoms with Gasteiger partial charge in [-0.3, -0.25) is 4.79 Å². The lowest BCUT2D eigenvalue weighted by Crippen LogP contribution is -2.30. The summed E-state index contributed by atoms with van der Waals surface area (Å²) in [4.78, 5) is 11.3. The van der Waals surface area contributed by atoms with Crippen LogP contribution in [0.5, 0.6) is 0 Å². The average molecular weight is 259 g/mol. The maximum atomic E-state index is 11.3. The molecule has 0 aliphatic rings. The molecule has 0 radical (unpaired) electrons. The Bertz CT molecular complexity index is 222. The van der Waals surface area contributed by atoms with Crippen molar-refractivity contribution in [3.8, 4) is 0 Å². The quantitative estimate of drug-likeness (QED) is 0.647. The van der Waals surface area contributed by atoms with E-state index in [0.717, 1.165) is 13.0 Å². The fourth-order valence-corrected chi connectivity index (χ4v) is 1.26. The smallest absolute Gasteiger partial charge is 0.222 e. The molecule has 0 bridgehead atoms. The molecule has 0 aromatic heterocycles. The average Bonchev–Trinajstić information content (AvgIpc) is 2.19. The first kappa shape index (κ1) is 17.4. The molecule has 4 heteroatoms. The minimum absolute atomic E-state index is 0.0404. The number of amides is 1. The van der Waals surface area contributed by atoms with Crippen molar-refractivity contribution in [1.82, 2.24) is 5.32 Å². The molecule has 18 heavy (non-hydrogen) atoms. The molecular formula is C14H29NO3. The molecule has 108 valence electrons. The summed E-state index contributed by atoms with van der Waals surface area (Å²) in [6, 6.07) is 0.193. The zero-order chi connectivity index (χ0) is 14.0. The van der Waals surface area contributed by atoms with E-state index in [4.69, 9.17) is 9.47 Å². The maximum Gasteiger partial charge on any atom is 0.222 e. The Kier molecular flexibility index (Phi) is 9.02. The zero-order valence-corrected chi connectivity index (χ0v) is 12.5. The van der Waals surface area contributed by atoms with E-state index < -0.39 is 0 Å². The Hall–Kier alpha value is -0.610. The molecule has 0 spiro atoms. The van der Waals surface area contributed by atoms with E-state index in [-0.39, 0.29) is 11.9 Å². The molecule has 0 aliphatic heterocycles. The van der Waals surface area contributed by atoms with Crippen molar-refractivity contribution in [3.63, 3.8) is 0 Å². The monoisotopic (exact) mass is 259 g/mol. The van der Waals surface area contributed by atoms with E-state index in [0.29, 0.717) is 31.7 Å². The van der Waals surface area contributed by atoms with Crippen molar-refractivity contribution < 1.29 is 14.3 Å². The predicted molar refractivity (Wildman–Crippen MR) is 73.6 cm³/mol. The van der Waals surface area contributed by atoms with Crippen LogP contribution >= 0.6 is 0 Å². The molecule has 0 saturated carbocycles. The van der Waals surface area contributed by atoms with Gasteiger partial charge in [0.2, 0.25) is 5.91 Å². The minimum Gasteiger partial charge on any atom is -0.379 e. The van der Waals surface area contributed by atoms with Crippen molar-refractivity contribution in [2.45, 2.75) is 53.5 Å². The van der Waals surface area contributed by atoms with Crippen molar-refractivity contribution in [2.24, 2.45) is 5.41 Å². The summed E-state index contributed by atoms with van der Waals surface area (Å²) >= 11 is 0. The molecule has 0 atom stereocenters. The number of hydrogen-bond acceptors (Lipinski definition) is 3. The number of carbonyl (C=O) groups excluding carboxylic acids is 1. The normalized spacial score (nSPS) is 11.9. The highest BCUT2D eigenvalue weighted by molar-refractivity contribution is 5.76. The van der Waals surface area contributed by atoms with Gasteiger partial charge in [0.25, 0.3) is 0 Å². The Morgan fingerprint density at radius 3 is 2.11 bits per heavy atom. The van der Waals surface area contributed by atoms with Crippen LogP contribution in [0.1, 0.15) is 47.5 Å². The number of hydrogen-bond donors (Lipinski definition) is 1. The first-order chi connectivity index (χ1) is 8.31. The minimum atomic E-state index is 0.0404.